The molecule has 4 heteroatoms. The van der Waals surface area contributed by atoms with E-state index < -0.39 is 11.4 Å². The first-order valence-electron chi connectivity index (χ1n) is 3.18. The molecular weight excluding hydrogens is 160 g/mol. The summed E-state index contributed by atoms with van der Waals surface area (Å²) in [6.45, 7) is 0. The third-order valence-corrected chi connectivity index (χ3v) is 2.31. The van der Waals surface area contributed by atoms with Crippen LogP contribution in [0.3, 0.4) is 0 Å². The van der Waals surface area contributed by atoms with Crippen LogP contribution < -0.4 is 10.5 Å². The number of anilines is 1. The smallest absolute Gasteiger partial charge is 0.175 e. The molecule has 1 aromatic carbocycles. The van der Waals surface area contributed by atoms with Crippen LogP contribution in [0.5, 0.6) is 0 Å². The first-order valence-corrected chi connectivity index (χ1v) is 4.33. The molecule has 1 unspecified atom stereocenters. The molecule has 0 radical (unpaired) electrons. The van der Waals surface area contributed by atoms with Gasteiger partial charge in [-0.3, -0.25) is 0 Å². The van der Waals surface area contributed by atoms with Crippen LogP contribution in [0.2, 0.25) is 0 Å². The summed E-state index contributed by atoms with van der Waals surface area (Å²) in [5.41, 5.74) is 6.12. The fourth-order valence-corrected chi connectivity index (χ4v) is 1.43. The lowest BCUT2D eigenvalue weighted by molar-refractivity contribution is 0.587. The van der Waals surface area contributed by atoms with Gasteiger partial charge in [-0.05, 0) is 12.1 Å². The molecule has 0 saturated heterocycles. The molecule has 0 fully saturated rings. The van der Waals surface area contributed by atoms with Crippen molar-refractivity contribution in [2.75, 3.05) is 12.8 Å². The van der Waals surface area contributed by atoms with Crippen LogP contribution in [-0.2, 0) is 11.4 Å². The number of hydrogen-bond donors (Lipinski definition) is 2. The van der Waals surface area contributed by atoms with Crippen molar-refractivity contribution in [3.8, 4) is 0 Å². The van der Waals surface area contributed by atoms with Crippen LogP contribution in [0.4, 0.5) is 5.69 Å². The molecule has 0 saturated carbocycles. The van der Waals surface area contributed by atoms with Crippen LogP contribution in [-0.4, -0.2) is 11.6 Å². The average molecular weight is 170 g/mol. The Balaban J connectivity index is 2.86. The molecule has 0 spiro atoms. The summed E-state index contributed by atoms with van der Waals surface area (Å²) in [4.78, 5) is 0.701. The van der Waals surface area contributed by atoms with E-state index in [2.05, 4.69) is 4.72 Å². The topological polar surface area (TPSA) is 61.1 Å². The van der Waals surface area contributed by atoms with Crippen molar-refractivity contribution in [2.24, 2.45) is 0 Å². The third-order valence-electron chi connectivity index (χ3n) is 1.26. The zero-order valence-electron chi connectivity index (χ0n) is 6.20. The van der Waals surface area contributed by atoms with Crippen LogP contribution in [0.15, 0.2) is 29.2 Å². The second kappa shape index (κ2) is 3.61. The van der Waals surface area contributed by atoms with Gasteiger partial charge in [0.25, 0.3) is 0 Å². The van der Waals surface area contributed by atoms with Gasteiger partial charge < -0.3 is 10.3 Å². The molecular formula is C7H10N2OS. The second-order valence-electron chi connectivity index (χ2n) is 2.05. The average Bonchev–Trinajstić information content (AvgIpc) is 2.03. The molecule has 3 N–H and O–H groups in total. The Labute approximate surface area is 68.9 Å². The Morgan fingerprint density at radius 2 is 2.27 bits per heavy atom. The molecule has 60 valence electrons. The molecule has 0 aromatic heterocycles. The molecule has 1 aromatic rings. The van der Waals surface area contributed by atoms with Crippen LogP contribution in [0.25, 0.3) is 0 Å². The summed E-state index contributed by atoms with van der Waals surface area (Å²) < 4.78 is 13.7. The maximum absolute atomic E-state index is 11.1. The summed E-state index contributed by atoms with van der Waals surface area (Å²) in [5, 5.41) is 0. The molecule has 11 heavy (non-hydrogen) atoms. The highest BCUT2D eigenvalue weighted by atomic mass is 32.2. The second-order valence-corrected chi connectivity index (χ2v) is 3.46. The summed E-state index contributed by atoms with van der Waals surface area (Å²) >= 11 is -1.13. The van der Waals surface area contributed by atoms with Crippen molar-refractivity contribution in [2.45, 2.75) is 4.90 Å². The summed E-state index contributed by atoms with van der Waals surface area (Å²) in [6.07, 6.45) is 0. The maximum atomic E-state index is 11.1. The monoisotopic (exact) mass is 170 g/mol. The lowest BCUT2D eigenvalue weighted by Gasteiger charge is -2.06. The quantitative estimate of drug-likeness (QED) is 0.502. The van der Waals surface area contributed by atoms with Gasteiger partial charge in [0.15, 0.2) is 4.90 Å². The number of hydrogen-bond acceptors (Lipinski definition) is 3. The van der Waals surface area contributed by atoms with Crippen molar-refractivity contribution in [3.63, 3.8) is 0 Å². The molecule has 0 heterocycles. The van der Waals surface area contributed by atoms with Gasteiger partial charge in [0.1, 0.15) is 0 Å². The van der Waals surface area contributed by atoms with Gasteiger partial charge in [0.05, 0.1) is 11.4 Å². The SMILES string of the molecule is CN[S+]([O-])c1cccc(N)c1. The van der Waals surface area contributed by atoms with E-state index in [9.17, 15) is 4.55 Å². The van der Waals surface area contributed by atoms with E-state index >= 15 is 0 Å². The van der Waals surface area contributed by atoms with Gasteiger partial charge in [-0.25, -0.2) is 0 Å². The highest BCUT2D eigenvalue weighted by molar-refractivity contribution is 7.89. The zero-order chi connectivity index (χ0) is 8.27. The van der Waals surface area contributed by atoms with Gasteiger partial charge in [0, 0.05) is 18.8 Å². The summed E-state index contributed by atoms with van der Waals surface area (Å²) in [7, 11) is 1.64. The van der Waals surface area contributed by atoms with E-state index in [1.807, 2.05) is 0 Å². The molecule has 0 aliphatic carbocycles. The van der Waals surface area contributed by atoms with Crippen molar-refractivity contribution < 1.29 is 4.55 Å². The molecule has 1 rings (SSSR count). The van der Waals surface area contributed by atoms with Gasteiger partial charge in [-0.2, -0.15) is 0 Å². The zero-order valence-corrected chi connectivity index (χ0v) is 7.02. The number of nitrogens with one attached hydrogen (secondary N) is 1. The highest BCUT2D eigenvalue weighted by Gasteiger charge is 2.06. The first-order chi connectivity index (χ1) is 5.24. The fourth-order valence-electron chi connectivity index (χ4n) is 0.748. The van der Waals surface area contributed by atoms with E-state index in [0.29, 0.717) is 10.6 Å². The Morgan fingerprint density at radius 1 is 1.55 bits per heavy atom. The van der Waals surface area contributed by atoms with E-state index in [-0.39, 0.29) is 0 Å². The Kier molecular flexibility index (Phi) is 2.76. The Morgan fingerprint density at radius 3 is 2.82 bits per heavy atom. The van der Waals surface area contributed by atoms with E-state index in [1.54, 1.807) is 31.3 Å². The number of nitrogen functional groups attached to an aromatic ring is 1. The summed E-state index contributed by atoms with van der Waals surface area (Å²) in [5.74, 6) is 0. The molecule has 1 atom stereocenters. The largest absolute Gasteiger partial charge is 0.593 e. The van der Waals surface area contributed by atoms with E-state index in [1.165, 1.54) is 0 Å². The lowest BCUT2D eigenvalue weighted by Crippen LogP contribution is -2.18. The normalized spacial score (nSPS) is 12.9. The molecule has 3 nitrogen and oxygen atoms in total. The van der Waals surface area contributed by atoms with Crippen molar-refractivity contribution in [3.05, 3.63) is 24.3 Å². The first kappa shape index (κ1) is 8.39. The van der Waals surface area contributed by atoms with Gasteiger partial charge in [-0.1, -0.05) is 6.07 Å². The number of benzene rings is 1. The fraction of sp³-hybridized carbons (Fsp3) is 0.143. The Bertz CT molecular complexity index is 242. The number of rotatable bonds is 2. The third kappa shape index (κ3) is 2.11. The Hall–Kier alpha value is -0.710. The minimum absolute atomic E-state index is 0.631. The van der Waals surface area contributed by atoms with E-state index in [4.69, 9.17) is 5.73 Å². The lowest BCUT2D eigenvalue weighted by atomic mass is 10.3. The predicted octanol–water partition coefficient (Wildman–Crippen LogP) is 0.511. The maximum Gasteiger partial charge on any atom is 0.175 e. The van der Waals surface area contributed by atoms with Gasteiger partial charge in [0.2, 0.25) is 0 Å². The minimum Gasteiger partial charge on any atom is -0.593 e. The molecule has 0 amide bonds. The van der Waals surface area contributed by atoms with Gasteiger partial charge >= 0.3 is 0 Å². The van der Waals surface area contributed by atoms with Crippen LogP contribution >= 0.6 is 0 Å². The highest BCUT2D eigenvalue weighted by Crippen LogP contribution is 2.11. The van der Waals surface area contributed by atoms with Crippen LogP contribution in [0.1, 0.15) is 0 Å². The predicted molar refractivity (Wildman–Crippen MR) is 46.3 cm³/mol. The van der Waals surface area contributed by atoms with Crippen LogP contribution in [0, 0.1) is 0 Å². The molecule has 0 bridgehead atoms. The molecule has 0 aliphatic heterocycles. The number of nitrogens with two attached hydrogens (primary N) is 1. The van der Waals surface area contributed by atoms with Crippen molar-refractivity contribution in [1.29, 1.82) is 0 Å². The minimum atomic E-state index is -1.13. The summed E-state index contributed by atoms with van der Waals surface area (Å²) in [6, 6.07) is 6.99. The molecule has 0 aliphatic rings. The van der Waals surface area contributed by atoms with Crippen molar-refractivity contribution in [1.82, 2.24) is 4.72 Å². The van der Waals surface area contributed by atoms with E-state index in [0.717, 1.165) is 0 Å². The van der Waals surface area contributed by atoms with Crippen molar-refractivity contribution >= 4 is 17.0 Å². The van der Waals surface area contributed by atoms with Gasteiger partial charge in [-0.15, -0.1) is 4.72 Å². The standard InChI is InChI=1S/C7H10N2OS/c1-9-11(10)7-4-2-3-6(8)5-7/h2-5,9H,8H2,1H3.